The molecule has 14 heteroatoms. The molecule has 2 bridgehead atoms. The molecule has 2 aromatic heterocycles. The van der Waals surface area contributed by atoms with Gasteiger partial charge >= 0.3 is 0 Å². The molecule has 2 aromatic carbocycles. The molecule has 1 N–H and O–H groups in total. The number of anilines is 1. The molecule has 0 spiro atoms. The van der Waals surface area contributed by atoms with Crippen LogP contribution in [-0.4, -0.2) is 48.9 Å². The molecule has 2 atom stereocenters. The fourth-order valence-electron chi connectivity index (χ4n) is 5.56. The zero-order chi connectivity index (χ0) is 29.5. The Bertz CT molecular complexity index is 1780. The van der Waals surface area contributed by atoms with E-state index < -0.39 is 29.3 Å². The highest BCUT2D eigenvalue weighted by Crippen LogP contribution is 2.35. The minimum absolute atomic E-state index is 0.000764. The molecule has 0 aliphatic carbocycles. The van der Waals surface area contributed by atoms with Crippen molar-refractivity contribution < 1.29 is 18.4 Å². The van der Waals surface area contributed by atoms with E-state index in [0.29, 0.717) is 37.8 Å². The van der Waals surface area contributed by atoms with E-state index in [-0.39, 0.29) is 51.0 Å². The van der Waals surface area contributed by atoms with E-state index in [2.05, 4.69) is 20.6 Å². The molecule has 0 saturated carbocycles. The minimum atomic E-state index is -0.807. The molecule has 0 radical (unpaired) electrons. The average molecular weight is 614 g/mol. The first-order chi connectivity index (χ1) is 20.2. The molecule has 4 heterocycles. The first-order valence-electron chi connectivity index (χ1n) is 13.3. The second kappa shape index (κ2) is 11.3. The number of benzene rings is 2. The molecule has 6 rings (SSSR count). The van der Waals surface area contributed by atoms with Crippen molar-refractivity contribution in [2.24, 2.45) is 0 Å². The maximum atomic E-state index is 15.4. The Labute approximate surface area is 247 Å². The molecule has 42 heavy (non-hydrogen) atoms. The summed E-state index contributed by atoms with van der Waals surface area (Å²) >= 11 is 12.0. The molecule has 10 nitrogen and oxygen atoms in total. The lowest BCUT2D eigenvalue weighted by atomic mass is 9.98. The smallest absolute Gasteiger partial charge is 0.254 e. The highest BCUT2D eigenvalue weighted by atomic mass is 35.5. The van der Waals surface area contributed by atoms with Crippen LogP contribution in [0.2, 0.25) is 10.2 Å². The summed E-state index contributed by atoms with van der Waals surface area (Å²) in [4.78, 5) is 44.8. The molecule has 1 saturated heterocycles. The maximum Gasteiger partial charge on any atom is 0.254 e. The van der Waals surface area contributed by atoms with Crippen LogP contribution in [0.15, 0.2) is 53.7 Å². The number of fused-ring (bicyclic) bond motifs is 4. The molecular weight excluding hydrogens is 591 g/mol. The van der Waals surface area contributed by atoms with Crippen molar-refractivity contribution in [2.45, 2.75) is 44.2 Å². The minimum Gasteiger partial charge on any atom is -0.354 e. The number of carbonyl (C=O) groups excluding carboxylic acids is 2. The van der Waals surface area contributed by atoms with E-state index in [1.54, 1.807) is 6.07 Å². The summed E-state index contributed by atoms with van der Waals surface area (Å²) in [6, 6.07) is 6.77. The van der Waals surface area contributed by atoms with E-state index >= 15 is 8.78 Å². The van der Waals surface area contributed by atoms with Crippen LogP contribution in [0.3, 0.4) is 0 Å². The van der Waals surface area contributed by atoms with Gasteiger partial charge in [-0.15, -0.1) is 5.10 Å². The van der Waals surface area contributed by atoms with Crippen LogP contribution in [0, 0.1) is 11.6 Å². The molecule has 2 aliphatic heterocycles. The highest BCUT2D eigenvalue weighted by Gasteiger charge is 2.37. The second-order valence-corrected chi connectivity index (χ2v) is 10.9. The molecule has 216 valence electrons. The number of carbonyl (C=O) groups is 2. The van der Waals surface area contributed by atoms with Gasteiger partial charge in [-0.25, -0.2) is 18.4 Å². The standard InChI is InChI=1S/C28H23Cl2F2N7O3/c29-18-4-5-21(38-13-23(30)35-36-38)26(27(18)32)19-12-25(41)37(14-34-19)20-3-1-2-8-33-28(42)22-6-7-24(40)39(22)17-10-15(20)9-16(31)11-17/h4-5,9-14,20,22H,1-3,6-8H2,(H,33,42)/t20-,22+/m0/s1. The first kappa shape index (κ1) is 28.0. The van der Waals surface area contributed by atoms with Gasteiger partial charge in [0.25, 0.3) is 5.56 Å². The van der Waals surface area contributed by atoms with Crippen LogP contribution in [0.5, 0.6) is 0 Å². The molecule has 0 unspecified atom stereocenters. The molecule has 2 amide bonds. The fourth-order valence-corrected chi connectivity index (χ4v) is 5.84. The lowest BCUT2D eigenvalue weighted by molar-refractivity contribution is -0.123. The largest absolute Gasteiger partial charge is 0.354 e. The summed E-state index contributed by atoms with van der Waals surface area (Å²) in [5.74, 6) is -1.98. The number of hydrogen-bond acceptors (Lipinski definition) is 6. The van der Waals surface area contributed by atoms with Crippen molar-refractivity contribution in [3.63, 3.8) is 0 Å². The molecular formula is C28H23Cl2F2N7O3. The lowest BCUT2D eigenvalue weighted by Gasteiger charge is -2.27. The van der Waals surface area contributed by atoms with Gasteiger partial charge in [-0.1, -0.05) is 28.4 Å². The summed E-state index contributed by atoms with van der Waals surface area (Å²) in [7, 11) is 0. The van der Waals surface area contributed by atoms with Crippen molar-refractivity contribution in [1.29, 1.82) is 0 Å². The topological polar surface area (TPSA) is 115 Å². The van der Waals surface area contributed by atoms with Crippen molar-refractivity contribution in [3.8, 4) is 16.9 Å². The number of hydrogen-bond donors (Lipinski definition) is 1. The van der Waals surface area contributed by atoms with Gasteiger partial charge in [0, 0.05) is 24.7 Å². The number of aromatic nitrogens is 5. The van der Waals surface area contributed by atoms with Crippen LogP contribution >= 0.6 is 23.2 Å². The van der Waals surface area contributed by atoms with Crippen molar-refractivity contribution in [3.05, 3.63) is 86.6 Å². The fraction of sp³-hybridized carbons (Fsp3) is 0.286. The lowest BCUT2D eigenvalue weighted by Crippen LogP contribution is -2.45. The van der Waals surface area contributed by atoms with Crippen molar-refractivity contribution in [2.75, 3.05) is 11.4 Å². The number of rotatable bonds is 3. The zero-order valence-electron chi connectivity index (χ0n) is 21.9. The SMILES string of the molecule is O=C1NCCCC[C@H](n2cnc(-c3c(-n4cc(Cl)nn4)ccc(Cl)c3F)cc2=O)c2cc(F)cc(c2)N2C(=O)CC[C@H]12. The third kappa shape index (κ3) is 5.16. The van der Waals surface area contributed by atoms with Gasteiger partial charge in [0.2, 0.25) is 11.8 Å². The summed E-state index contributed by atoms with van der Waals surface area (Å²) in [6.07, 6.45) is 4.75. The Hall–Kier alpha value is -4.16. The van der Waals surface area contributed by atoms with Gasteiger partial charge in [-0.3, -0.25) is 23.9 Å². The van der Waals surface area contributed by atoms with E-state index in [1.165, 1.54) is 57.0 Å². The Morgan fingerprint density at radius 1 is 0.976 bits per heavy atom. The Morgan fingerprint density at radius 3 is 2.57 bits per heavy atom. The van der Waals surface area contributed by atoms with Gasteiger partial charge in [0.1, 0.15) is 11.9 Å². The van der Waals surface area contributed by atoms with Crippen molar-refractivity contribution in [1.82, 2.24) is 29.9 Å². The monoisotopic (exact) mass is 613 g/mol. The van der Waals surface area contributed by atoms with Crippen LogP contribution in [0.1, 0.15) is 43.7 Å². The van der Waals surface area contributed by atoms with Crippen LogP contribution in [-0.2, 0) is 9.59 Å². The zero-order valence-corrected chi connectivity index (χ0v) is 23.4. The van der Waals surface area contributed by atoms with E-state index in [1.807, 2.05) is 0 Å². The number of halogens is 4. The number of amides is 2. The Balaban J connectivity index is 1.45. The maximum absolute atomic E-state index is 15.4. The highest BCUT2D eigenvalue weighted by molar-refractivity contribution is 6.31. The summed E-state index contributed by atoms with van der Waals surface area (Å²) in [5.41, 5.74) is 0.302. The van der Waals surface area contributed by atoms with Crippen LogP contribution in [0.25, 0.3) is 16.9 Å². The second-order valence-electron chi connectivity index (χ2n) is 10.1. The summed E-state index contributed by atoms with van der Waals surface area (Å²) in [5, 5.41) is 10.4. The van der Waals surface area contributed by atoms with Crippen LogP contribution < -0.4 is 15.8 Å². The van der Waals surface area contributed by atoms with Crippen molar-refractivity contribution >= 4 is 40.7 Å². The normalized spacial score (nSPS) is 19.2. The van der Waals surface area contributed by atoms with Gasteiger partial charge in [-0.2, -0.15) is 0 Å². The predicted molar refractivity (Wildman–Crippen MR) is 151 cm³/mol. The van der Waals surface area contributed by atoms with Gasteiger partial charge in [-0.05, 0) is 61.6 Å². The summed E-state index contributed by atoms with van der Waals surface area (Å²) < 4.78 is 33.0. The third-order valence-corrected chi connectivity index (χ3v) is 7.96. The number of nitrogens with one attached hydrogen (secondary N) is 1. The molecule has 4 aromatic rings. The third-order valence-electron chi connectivity index (χ3n) is 7.50. The first-order valence-corrected chi connectivity index (χ1v) is 14.0. The van der Waals surface area contributed by atoms with E-state index in [0.717, 1.165) is 0 Å². The Kier molecular flexibility index (Phi) is 7.50. The summed E-state index contributed by atoms with van der Waals surface area (Å²) in [6.45, 7) is 0.390. The average Bonchev–Trinajstić information content (AvgIpc) is 3.56. The van der Waals surface area contributed by atoms with E-state index in [4.69, 9.17) is 23.2 Å². The van der Waals surface area contributed by atoms with Gasteiger partial charge < -0.3 is 5.32 Å². The van der Waals surface area contributed by atoms with Gasteiger partial charge in [0.05, 0.1) is 40.5 Å². The predicted octanol–water partition coefficient (Wildman–Crippen LogP) is 4.46. The molecule has 2 aliphatic rings. The molecule has 1 fully saturated rings. The van der Waals surface area contributed by atoms with Crippen LogP contribution in [0.4, 0.5) is 14.5 Å². The quantitative estimate of drug-likeness (QED) is 0.365. The van der Waals surface area contributed by atoms with E-state index in [9.17, 15) is 14.4 Å². The number of nitrogens with zero attached hydrogens (tertiary/aromatic N) is 6. The van der Waals surface area contributed by atoms with Gasteiger partial charge in [0.15, 0.2) is 11.0 Å². The Morgan fingerprint density at radius 2 is 1.81 bits per heavy atom.